The highest BCUT2D eigenvalue weighted by molar-refractivity contribution is 6.44. The Kier molecular flexibility index (Phi) is 9.79. The van der Waals surface area contributed by atoms with E-state index in [-0.39, 0.29) is 21.7 Å². The molecule has 12 aromatic rings. The van der Waals surface area contributed by atoms with Gasteiger partial charge in [-0.2, -0.15) is 0 Å². The monoisotopic (exact) mass is 961 g/mol. The third kappa shape index (κ3) is 6.71. The first-order chi connectivity index (χ1) is 34.9. The lowest BCUT2D eigenvalue weighted by Gasteiger charge is -2.28. The molecule has 1 aliphatic carbocycles. The van der Waals surface area contributed by atoms with E-state index in [1.165, 1.54) is 164 Å². The predicted octanol–water partition coefficient (Wildman–Crippen LogP) is 22.2. The van der Waals surface area contributed by atoms with Crippen LogP contribution in [0.5, 0.6) is 0 Å². The lowest BCUT2D eigenvalue weighted by atomic mass is 9.76. The Morgan fingerprint density at radius 2 is 0.635 bits per heavy atom. The summed E-state index contributed by atoms with van der Waals surface area (Å²) in [5.74, 6) is 0.595. The van der Waals surface area contributed by atoms with Crippen LogP contribution in [0, 0.1) is 0 Å². The number of rotatable bonds is 4. The van der Waals surface area contributed by atoms with Crippen LogP contribution < -0.4 is 0 Å². The number of fused-ring (bicyclic) bond motifs is 11. The van der Waals surface area contributed by atoms with E-state index < -0.39 is 0 Å². The molecule has 0 nitrogen and oxygen atoms in total. The Bertz CT molecular complexity index is 4030. The van der Waals surface area contributed by atoms with Crippen molar-refractivity contribution in [3.63, 3.8) is 0 Å². The van der Waals surface area contributed by atoms with Crippen molar-refractivity contribution < 1.29 is 0 Å². The molecule has 0 aromatic heterocycles. The molecule has 0 fully saturated rings. The zero-order chi connectivity index (χ0) is 52.0. The fourth-order valence-electron chi connectivity index (χ4n) is 13.4. The molecule has 368 valence electrons. The van der Waals surface area contributed by atoms with E-state index in [4.69, 9.17) is 0 Å². The first kappa shape index (κ1) is 47.0. The van der Waals surface area contributed by atoms with Gasteiger partial charge in [-0.25, -0.2) is 0 Å². The van der Waals surface area contributed by atoms with Crippen LogP contribution in [-0.4, -0.2) is 0 Å². The van der Waals surface area contributed by atoms with Crippen LogP contribution in [-0.2, 0) is 21.7 Å². The highest BCUT2D eigenvalue weighted by Crippen LogP contribution is 2.61. The Hall–Kier alpha value is -6.76. The van der Waals surface area contributed by atoms with Crippen molar-refractivity contribution in [2.24, 2.45) is 0 Å². The van der Waals surface area contributed by atoms with E-state index >= 15 is 0 Å². The third-order valence-corrected chi connectivity index (χ3v) is 17.5. The molecule has 0 saturated heterocycles. The smallest absolute Gasteiger partial charge is 0.000729 e. The van der Waals surface area contributed by atoms with E-state index in [2.05, 4.69) is 244 Å². The molecular weight excluding hydrogens is 889 g/mol. The van der Waals surface area contributed by atoms with Gasteiger partial charge in [0.15, 0.2) is 0 Å². The Morgan fingerprint density at radius 3 is 0.986 bits per heavy atom. The van der Waals surface area contributed by atoms with Crippen molar-refractivity contribution in [2.75, 3.05) is 0 Å². The van der Waals surface area contributed by atoms with Gasteiger partial charge < -0.3 is 0 Å². The fourth-order valence-corrected chi connectivity index (χ4v) is 13.4. The van der Waals surface area contributed by atoms with Gasteiger partial charge in [0, 0.05) is 0 Å². The average Bonchev–Trinajstić information content (AvgIpc) is 3.96. The van der Waals surface area contributed by atoms with Crippen LogP contribution in [0.2, 0.25) is 0 Å². The Balaban J connectivity index is 1.37. The van der Waals surface area contributed by atoms with Crippen molar-refractivity contribution in [3.05, 3.63) is 167 Å². The van der Waals surface area contributed by atoms with Crippen molar-refractivity contribution in [1.29, 1.82) is 0 Å². The molecule has 1 aliphatic rings. The lowest BCUT2D eigenvalue weighted by molar-refractivity contribution is 0.568. The number of hydrogen-bond donors (Lipinski definition) is 0. The molecule has 0 spiro atoms. The molecule has 0 heterocycles. The molecule has 0 heteroatoms. The second-order valence-corrected chi connectivity index (χ2v) is 27.3. The number of benzene rings is 10. The minimum absolute atomic E-state index is 0.0674. The molecule has 0 saturated carbocycles. The molecule has 13 rings (SSSR count). The molecular formula is C74H72. The molecule has 0 N–H and O–H groups in total. The molecule has 74 heavy (non-hydrogen) atoms. The maximum absolute atomic E-state index is 2.67. The van der Waals surface area contributed by atoms with Gasteiger partial charge in [-0.1, -0.05) is 208 Å². The molecule has 0 radical (unpaired) electrons. The molecule has 0 amide bonds. The van der Waals surface area contributed by atoms with Crippen molar-refractivity contribution >= 4 is 86.2 Å². The summed E-state index contributed by atoms with van der Waals surface area (Å²) in [7, 11) is 0. The van der Waals surface area contributed by atoms with Crippen LogP contribution in [0.25, 0.3) is 131 Å². The van der Waals surface area contributed by atoms with Crippen LogP contribution >= 0.6 is 0 Å². The first-order valence-corrected chi connectivity index (χ1v) is 27.6. The lowest BCUT2D eigenvalue weighted by Crippen LogP contribution is -2.16. The standard InChI is InChI=1S/C74H72/c1-39(2)52-35-60-67-61(36-53(40(3)4)66-57-32-43-22-18-17-21-42(43)31-56(57)65(52)70(66)67)69-64(45-29-48(73(11,12)13)34-49(30-45)74(14,15)16)59-38-55-51-26-20-24-41-23-19-25-50(62(41)51)54(55)37-58(59)63(68(60)69)44-27-46(71(5,6)7)33-47(28-44)72(8,9)10/h17-40H,1-16H3. The first-order valence-electron chi connectivity index (χ1n) is 27.6. The van der Waals surface area contributed by atoms with Crippen molar-refractivity contribution in [3.8, 4) is 44.5 Å². The van der Waals surface area contributed by atoms with E-state index in [0.717, 1.165) is 0 Å². The van der Waals surface area contributed by atoms with Crippen LogP contribution in [0.1, 0.15) is 156 Å². The second-order valence-electron chi connectivity index (χ2n) is 27.3. The largest absolute Gasteiger partial charge is 0.0616 e. The predicted molar refractivity (Wildman–Crippen MR) is 327 cm³/mol. The van der Waals surface area contributed by atoms with Gasteiger partial charge in [-0.05, 0) is 234 Å². The number of hydrogen-bond acceptors (Lipinski definition) is 0. The average molecular weight is 961 g/mol. The summed E-state index contributed by atoms with van der Waals surface area (Å²) < 4.78 is 0. The minimum atomic E-state index is -0.0674. The highest BCUT2D eigenvalue weighted by Gasteiger charge is 2.35. The maximum atomic E-state index is 2.67. The van der Waals surface area contributed by atoms with Gasteiger partial charge in [0.2, 0.25) is 0 Å². The fraction of sp³-hybridized carbons (Fsp3) is 0.297. The minimum Gasteiger partial charge on any atom is -0.0616 e. The Labute approximate surface area is 439 Å². The molecule has 0 atom stereocenters. The van der Waals surface area contributed by atoms with Crippen molar-refractivity contribution in [1.82, 2.24) is 0 Å². The van der Waals surface area contributed by atoms with E-state index in [1.807, 2.05) is 0 Å². The maximum Gasteiger partial charge on any atom is -0.000729 e. The van der Waals surface area contributed by atoms with Gasteiger partial charge in [0.05, 0.1) is 0 Å². The second kappa shape index (κ2) is 15.4. The van der Waals surface area contributed by atoms with Gasteiger partial charge in [0.25, 0.3) is 0 Å². The summed E-state index contributed by atoms with van der Waals surface area (Å²) >= 11 is 0. The quantitative estimate of drug-likeness (QED) is 0.165. The SMILES string of the molecule is CC(C)c1cc2c3c(-c4cc(C(C)(C)C)cc(C(C)(C)C)c4)c4cc5c(cc4c(-c4cc(C(C)(C)C)cc(C(C)(C)C)c4)c3c3cc(C(C)C)c4c(c1-c1cc6ccccc6cc1-4)c23)c1cccc2cccc5c21. The summed E-state index contributed by atoms with van der Waals surface area (Å²) in [6.07, 6.45) is 0. The highest BCUT2D eigenvalue weighted by atomic mass is 14.4. The summed E-state index contributed by atoms with van der Waals surface area (Å²) in [5, 5.41) is 21.7. The molecule has 0 bridgehead atoms. The molecule has 0 aliphatic heterocycles. The topological polar surface area (TPSA) is 0 Å². The van der Waals surface area contributed by atoms with E-state index in [9.17, 15) is 0 Å². The van der Waals surface area contributed by atoms with Gasteiger partial charge >= 0.3 is 0 Å². The van der Waals surface area contributed by atoms with Gasteiger partial charge in [0.1, 0.15) is 0 Å². The van der Waals surface area contributed by atoms with Crippen LogP contribution in [0.3, 0.4) is 0 Å². The van der Waals surface area contributed by atoms with Gasteiger partial charge in [-0.3, -0.25) is 0 Å². The molecule has 0 unspecified atom stereocenters. The summed E-state index contributed by atoms with van der Waals surface area (Å²) in [6.45, 7) is 38.4. The summed E-state index contributed by atoms with van der Waals surface area (Å²) in [5.41, 5.74) is 19.1. The van der Waals surface area contributed by atoms with Crippen molar-refractivity contribution in [2.45, 2.75) is 144 Å². The zero-order valence-corrected chi connectivity index (χ0v) is 46.9. The summed E-state index contributed by atoms with van der Waals surface area (Å²) in [4.78, 5) is 0. The van der Waals surface area contributed by atoms with E-state index in [1.54, 1.807) is 0 Å². The third-order valence-electron chi connectivity index (χ3n) is 17.5. The summed E-state index contributed by atoms with van der Waals surface area (Å²) in [6, 6.07) is 53.8. The zero-order valence-electron chi connectivity index (χ0n) is 46.9. The molecule has 12 aromatic carbocycles. The van der Waals surface area contributed by atoms with Gasteiger partial charge in [-0.15, -0.1) is 0 Å². The van der Waals surface area contributed by atoms with Crippen LogP contribution in [0.15, 0.2) is 133 Å². The van der Waals surface area contributed by atoms with E-state index in [0.29, 0.717) is 11.8 Å². The van der Waals surface area contributed by atoms with Crippen LogP contribution in [0.4, 0.5) is 0 Å². The normalized spacial score (nSPS) is 13.6. The Morgan fingerprint density at radius 1 is 0.270 bits per heavy atom.